The largest absolute Gasteiger partial charge is 0.327 e. The van der Waals surface area contributed by atoms with Gasteiger partial charge in [-0.2, -0.15) is 0 Å². The zero-order chi connectivity index (χ0) is 13.2. The van der Waals surface area contributed by atoms with Crippen LogP contribution in [0.25, 0.3) is 0 Å². The molecule has 1 aliphatic carbocycles. The summed E-state index contributed by atoms with van der Waals surface area (Å²) in [6.45, 7) is 0. The molecule has 2 unspecified atom stereocenters. The van der Waals surface area contributed by atoms with E-state index in [0.29, 0.717) is 5.92 Å². The minimum Gasteiger partial charge on any atom is -0.327 e. The molecule has 2 N–H and O–H groups in total. The standard InChI is InChI=1S/C15H17BrN2S/c16-11-6-10(8-18-9-11)7-14(17)12-2-1-3-15-13(12)4-5-19-15/h4-6,8-9,12,14H,1-3,7,17H2. The van der Waals surface area contributed by atoms with E-state index in [0.717, 1.165) is 10.9 Å². The van der Waals surface area contributed by atoms with Crippen molar-refractivity contribution in [3.63, 3.8) is 0 Å². The van der Waals surface area contributed by atoms with Gasteiger partial charge >= 0.3 is 0 Å². The van der Waals surface area contributed by atoms with Crippen molar-refractivity contribution in [3.8, 4) is 0 Å². The molecule has 19 heavy (non-hydrogen) atoms. The van der Waals surface area contributed by atoms with Crippen LogP contribution >= 0.6 is 27.3 Å². The molecule has 0 saturated heterocycles. The maximum atomic E-state index is 6.47. The Kier molecular flexibility index (Phi) is 4.01. The van der Waals surface area contributed by atoms with Gasteiger partial charge in [0.05, 0.1) is 0 Å². The van der Waals surface area contributed by atoms with Crippen molar-refractivity contribution in [3.05, 3.63) is 50.4 Å². The van der Waals surface area contributed by atoms with Gasteiger partial charge in [0.2, 0.25) is 0 Å². The SMILES string of the molecule is NC(Cc1cncc(Br)c1)C1CCCc2sccc21. The van der Waals surface area contributed by atoms with Gasteiger partial charge in [-0.15, -0.1) is 11.3 Å². The lowest BCUT2D eigenvalue weighted by Crippen LogP contribution is -2.32. The molecule has 4 heteroatoms. The number of aromatic nitrogens is 1. The molecule has 1 aliphatic rings. The normalized spacial score (nSPS) is 20.0. The van der Waals surface area contributed by atoms with E-state index < -0.39 is 0 Å². The lowest BCUT2D eigenvalue weighted by atomic mass is 9.81. The van der Waals surface area contributed by atoms with Crippen LogP contribution in [0.5, 0.6) is 0 Å². The summed E-state index contributed by atoms with van der Waals surface area (Å²) in [4.78, 5) is 5.76. The van der Waals surface area contributed by atoms with Crippen molar-refractivity contribution in [1.29, 1.82) is 0 Å². The lowest BCUT2D eigenvalue weighted by Gasteiger charge is -2.28. The van der Waals surface area contributed by atoms with E-state index in [2.05, 4.69) is 38.4 Å². The molecule has 0 bridgehead atoms. The molecule has 0 spiro atoms. The molecule has 2 aromatic rings. The van der Waals surface area contributed by atoms with Crippen LogP contribution in [0.2, 0.25) is 0 Å². The van der Waals surface area contributed by atoms with E-state index in [1.807, 2.05) is 23.7 Å². The molecule has 2 heterocycles. The van der Waals surface area contributed by atoms with Crippen LogP contribution in [0, 0.1) is 0 Å². The highest BCUT2D eigenvalue weighted by molar-refractivity contribution is 9.10. The first-order valence-electron chi connectivity index (χ1n) is 6.65. The van der Waals surface area contributed by atoms with Gasteiger partial charge in [0.15, 0.2) is 0 Å². The molecular formula is C15H17BrN2S. The Morgan fingerprint density at radius 3 is 3.21 bits per heavy atom. The highest BCUT2D eigenvalue weighted by Crippen LogP contribution is 2.37. The van der Waals surface area contributed by atoms with E-state index in [1.165, 1.54) is 30.4 Å². The van der Waals surface area contributed by atoms with Crippen LogP contribution in [0.3, 0.4) is 0 Å². The number of hydrogen-bond acceptors (Lipinski definition) is 3. The van der Waals surface area contributed by atoms with E-state index >= 15 is 0 Å². The summed E-state index contributed by atoms with van der Waals surface area (Å²) in [6, 6.07) is 4.57. The third-order valence-corrected chi connectivity index (χ3v) is 5.28. The van der Waals surface area contributed by atoms with Gasteiger partial charge in [0, 0.05) is 33.7 Å². The van der Waals surface area contributed by atoms with Crippen LogP contribution in [0.1, 0.15) is 34.8 Å². The van der Waals surface area contributed by atoms with Gasteiger partial charge in [0.1, 0.15) is 0 Å². The highest BCUT2D eigenvalue weighted by Gasteiger charge is 2.26. The monoisotopic (exact) mass is 336 g/mol. The molecule has 0 aromatic carbocycles. The number of hydrogen-bond donors (Lipinski definition) is 1. The molecule has 0 amide bonds. The summed E-state index contributed by atoms with van der Waals surface area (Å²) in [6.07, 6.45) is 8.34. The first-order chi connectivity index (χ1) is 9.24. The average molecular weight is 337 g/mol. The number of nitrogens with two attached hydrogens (primary N) is 1. The number of rotatable bonds is 3. The van der Waals surface area contributed by atoms with Crippen molar-refractivity contribution in [2.75, 3.05) is 0 Å². The summed E-state index contributed by atoms with van der Waals surface area (Å²) in [5.74, 6) is 0.508. The second-order valence-electron chi connectivity index (χ2n) is 5.18. The van der Waals surface area contributed by atoms with Crippen molar-refractivity contribution in [2.45, 2.75) is 37.6 Å². The highest BCUT2D eigenvalue weighted by atomic mass is 79.9. The number of pyridine rings is 1. The van der Waals surface area contributed by atoms with Gasteiger partial charge in [-0.25, -0.2) is 0 Å². The number of fused-ring (bicyclic) bond motifs is 1. The fraction of sp³-hybridized carbons (Fsp3) is 0.400. The molecule has 2 nitrogen and oxygen atoms in total. The molecule has 0 fully saturated rings. The predicted molar refractivity (Wildman–Crippen MR) is 83.6 cm³/mol. The van der Waals surface area contributed by atoms with E-state index in [9.17, 15) is 0 Å². The second kappa shape index (κ2) is 5.73. The van der Waals surface area contributed by atoms with Gasteiger partial charge in [-0.3, -0.25) is 4.98 Å². The fourth-order valence-corrected chi connectivity index (χ4v) is 4.36. The third-order valence-electron chi connectivity index (χ3n) is 3.85. The molecular weight excluding hydrogens is 320 g/mol. The first-order valence-corrected chi connectivity index (χ1v) is 8.32. The van der Waals surface area contributed by atoms with Crippen molar-refractivity contribution in [1.82, 2.24) is 4.98 Å². The van der Waals surface area contributed by atoms with Gasteiger partial charge in [-0.1, -0.05) is 0 Å². The maximum absolute atomic E-state index is 6.47. The average Bonchev–Trinajstić information content (AvgIpc) is 2.86. The molecule has 100 valence electrons. The summed E-state index contributed by atoms with van der Waals surface area (Å²) < 4.78 is 1.03. The summed E-state index contributed by atoms with van der Waals surface area (Å²) in [7, 11) is 0. The van der Waals surface area contributed by atoms with Crippen LogP contribution < -0.4 is 5.73 Å². The van der Waals surface area contributed by atoms with Gasteiger partial charge in [0.25, 0.3) is 0 Å². The number of halogens is 1. The van der Waals surface area contributed by atoms with E-state index in [4.69, 9.17) is 5.73 Å². The topological polar surface area (TPSA) is 38.9 Å². The second-order valence-corrected chi connectivity index (χ2v) is 7.09. The zero-order valence-electron chi connectivity index (χ0n) is 10.7. The Labute approximate surface area is 126 Å². The molecule has 0 saturated carbocycles. The summed E-state index contributed by atoms with van der Waals surface area (Å²) in [5.41, 5.74) is 9.17. The molecule has 2 atom stereocenters. The van der Waals surface area contributed by atoms with E-state index in [-0.39, 0.29) is 6.04 Å². The Morgan fingerprint density at radius 2 is 2.37 bits per heavy atom. The van der Waals surface area contributed by atoms with Crippen LogP contribution in [0.15, 0.2) is 34.4 Å². The van der Waals surface area contributed by atoms with E-state index in [1.54, 1.807) is 4.88 Å². The zero-order valence-corrected chi connectivity index (χ0v) is 13.1. The van der Waals surface area contributed by atoms with Crippen LogP contribution in [0.4, 0.5) is 0 Å². The summed E-state index contributed by atoms with van der Waals surface area (Å²) in [5, 5.41) is 2.20. The number of nitrogens with zero attached hydrogens (tertiary/aromatic N) is 1. The molecule has 0 aliphatic heterocycles. The smallest absolute Gasteiger partial charge is 0.0410 e. The maximum Gasteiger partial charge on any atom is 0.0410 e. The molecule has 3 rings (SSSR count). The number of aryl methyl sites for hydroxylation is 1. The van der Waals surface area contributed by atoms with Crippen molar-refractivity contribution < 1.29 is 0 Å². The first kappa shape index (κ1) is 13.3. The van der Waals surface area contributed by atoms with Gasteiger partial charge in [-0.05, 0) is 70.3 Å². The van der Waals surface area contributed by atoms with Crippen LogP contribution in [-0.2, 0) is 12.8 Å². The minimum atomic E-state index is 0.185. The van der Waals surface area contributed by atoms with Crippen LogP contribution in [-0.4, -0.2) is 11.0 Å². The Bertz CT molecular complexity index is 567. The predicted octanol–water partition coefficient (Wildman–Crippen LogP) is 3.90. The van der Waals surface area contributed by atoms with Crippen molar-refractivity contribution >= 4 is 27.3 Å². The van der Waals surface area contributed by atoms with Gasteiger partial charge < -0.3 is 5.73 Å². The Hall–Kier alpha value is -0.710. The molecule has 2 aromatic heterocycles. The fourth-order valence-electron chi connectivity index (χ4n) is 2.95. The Morgan fingerprint density at radius 1 is 1.47 bits per heavy atom. The third kappa shape index (κ3) is 2.91. The van der Waals surface area contributed by atoms with Crippen molar-refractivity contribution in [2.24, 2.45) is 5.73 Å². The molecule has 0 radical (unpaired) electrons. The Balaban J connectivity index is 1.77. The number of thiophene rings is 1. The minimum absolute atomic E-state index is 0.185. The quantitative estimate of drug-likeness (QED) is 0.923. The summed E-state index contributed by atoms with van der Waals surface area (Å²) >= 11 is 5.35. The lowest BCUT2D eigenvalue weighted by molar-refractivity contribution is 0.463.